The highest BCUT2D eigenvalue weighted by Gasteiger charge is 2.09. The average Bonchev–Trinajstić information content (AvgIpc) is 2.11. The molecular formula is C8H8BrF2NO. The second-order valence-electron chi connectivity index (χ2n) is 2.28. The van der Waals surface area contributed by atoms with Gasteiger partial charge in [0.15, 0.2) is 11.6 Å². The van der Waals surface area contributed by atoms with Crippen LogP contribution in [0.5, 0.6) is 5.75 Å². The summed E-state index contributed by atoms with van der Waals surface area (Å²) in [5, 5.41) is 2.61. The molecule has 0 bridgehead atoms. The van der Waals surface area contributed by atoms with Crippen LogP contribution in [0.4, 0.5) is 14.5 Å². The van der Waals surface area contributed by atoms with Crippen LogP contribution in [0.15, 0.2) is 12.1 Å². The molecular weight excluding hydrogens is 244 g/mol. The Kier molecular flexibility index (Phi) is 3.48. The molecule has 0 radical (unpaired) electrons. The van der Waals surface area contributed by atoms with E-state index in [1.54, 1.807) is 0 Å². The van der Waals surface area contributed by atoms with Crippen LogP contribution in [0.1, 0.15) is 0 Å². The number of hydrogen-bond donors (Lipinski definition) is 1. The summed E-state index contributed by atoms with van der Waals surface area (Å²) < 4.78 is 30.7. The number of alkyl halides is 1. The molecule has 0 saturated heterocycles. The van der Waals surface area contributed by atoms with Gasteiger partial charge in [-0.1, -0.05) is 15.9 Å². The summed E-state index contributed by atoms with van der Waals surface area (Å²) in [5.74, 6) is -1.23. The first-order valence-electron chi connectivity index (χ1n) is 3.52. The Bertz CT molecular complexity index is 306. The zero-order valence-electron chi connectivity index (χ0n) is 6.90. The molecule has 0 aromatic heterocycles. The number of methoxy groups -OCH3 is 1. The Hall–Kier alpha value is -0.840. The molecule has 2 nitrogen and oxygen atoms in total. The Morgan fingerprint density at radius 2 is 2.08 bits per heavy atom. The Balaban J connectivity index is 3.05. The summed E-state index contributed by atoms with van der Waals surface area (Å²) in [4.78, 5) is 0. The lowest BCUT2D eigenvalue weighted by molar-refractivity contribution is 0.383. The number of halogens is 3. The largest absolute Gasteiger partial charge is 0.494 e. The van der Waals surface area contributed by atoms with Gasteiger partial charge in [-0.15, -0.1) is 0 Å². The summed E-state index contributed by atoms with van der Waals surface area (Å²) in [5.41, 5.74) is 0.463. The van der Waals surface area contributed by atoms with Gasteiger partial charge in [-0.3, -0.25) is 0 Å². The van der Waals surface area contributed by atoms with Crippen molar-refractivity contribution < 1.29 is 13.5 Å². The van der Waals surface area contributed by atoms with Crippen LogP contribution >= 0.6 is 15.9 Å². The van der Waals surface area contributed by atoms with E-state index in [1.165, 1.54) is 7.11 Å². The Labute approximate surface area is 83.0 Å². The van der Waals surface area contributed by atoms with E-state index in [-0.39, 0.29) is 11.4 Å². The fourth-order valence-corrected chi connectivity index (χ4v) is 1.19. The third-order valence-corrected chi connectivity index (χ3v) is 1.78. The number of benzene rings is 1. The quantitative estimate of drug-likeness (QED) is 0.659. The fraction of sp³-hybridized carbons (Fsp3) is 0.250. The van der Waals surface area contributed by atoms with Crippen molar-refractivity contribution in [2.24, 2.45) is 0 Å². The first-order chi connectivity index (χ1) is 6.19. The van der Waals surface area contributed by atoms with Crippen molar-refractivity contribution in [3.8, 4) is 5.75 Å². The number of hydrogen-bond acceptors (Lipinski definition) is 2. The molecule has 1 aromatic rings. The van der Waals surface area contributed by atoms with Crippen molar-refractivity contribution in [2.75, 3.05) is 17.9 Å². The van der Waals surface area contributed by atoms with Crippen LogP contribution in [-0.2, 0) is 0 Å². The van der Waals surface area contributed by atoms with Crippen LogP contribution in [0.2, 0.25) is 0 Å². The van der Waals surface area contributed by atoms with E-state index in [1.807, 2.05) is 0 Å². The van der Waals surface area contributed by atoms with Crippen LogP contribution in [0.25, 0.3) is 0 Å². The van der Waals surface area contributed by atoms with Gasteiger partial charge in [0.25, 0.3) is 0 Å². The van der Waals surface area contributed by atoms with Gasteiger partial charge in [0.2, 0.25) is 0 Å². The normalized spacial score (nSPS) is 9.85. The van der Waals surface area contributed by atoms with Gasteiger partial charge in [0.1, 0.15) is 5.82 Å². The number of anilines is 1. The molecule has 0 aliphatic carbocycles. The maximum Gasteiger partial charge on any atom is 0.167 e. The molecule has 0 unspecified atom stereocenters. The van der Waals surface area contributed by atoms with Gasteiger partial charge in [0.05, 0.1) is 18.3 Å². The van der Waals surface area contributed by atoms with E-state index >= 15 is 0 Å². The third kappa shape index (κ3) is 2.30. The monoisotopic (exact) mass is 251 g/mol. The third-order valence-electron chi connectivity index (χ3n) is 1.50. The first kappa shape index (κ1) is 10.2. The number of rotatable bonds is 3. The minimum absolute atomic E-state index is 0.0994. The summed E-state index contributed by atoms with van der Waals surface area (Å²) in [6, 6.07) is 2.05. The molecule has 0 aliphatic rings. The second-order valence-corrected chi connectivity index (χ2v) is 2.84. The smallest absolute Gasteiger partial charge is 0.167 e. The van der Waals surface area contributed by atoms with Crippen LogP contribution in [0.3, 0.4) is 0 Å². The summed E-state index contributed by atoms with van der Waals surface area (Å²) in [6.07, 6.45) is 0. The molecule has 72 valence electrons. The SMILES string of the molecule is COc1cc(F)c(NCBr)cc1F. The standard InChI is InChI=1S/C8H8BrF2NO/c1-13-8-3-5(10)7(12-4-9)2-6(8)11/h2-3,12H,4H2,1H3. The fourth-order valence-electron chi connectivity index (χ4n) is 0.892. The molecule has 5 heteroatoms. The molecule has 1 aromatic carbocycles. The summed E-state index contributed by atoms with van der Waals surface area (Å²) in [7, 11) is 1.29. The van der Waals surface area contributed by atoms with Crippen LogP contribution < -0.4 is 10.1 Å². The van der Waals surface area contributed by atoms with Crippen LogP contribution in [-0.4, -0.2) is 12.6 Å². The summed E-state index contributed by atoms with van der Waals surface area (Å²) >= 11 is 3.05. The maximum atomic E-state index is 13.1. The van der Waals surface area contributed by atoms with E-state index in [4.69, 9.17) is 0 Å². The molecule has 1 N–H and O–H groups in total. The molecule has 0 atom stereocenters. The maximum absolute atomic E-state index is 13.1. The van der Waals surface area contributed by atoms with Crippen molar-refractivity contribution in [1.82, 2.24) is 0 Å². The lowest BCUT2D eigenvalue weighted by Gasteiger charge is -2.07. The molecule has 1 rings (SSSR count). The minimum Gasteiger partial charge on any atom is -0.494 e. The zero-order valence-corrected chi connectivity index (χ0v) is 8.49. The van der Waals surface area contributed by atoms with E-state index in [9.17, 15) is 8.78 Å². The second kappa shape index (κ2) is 4.41. The Morgan fingerprint density at radius 1 is 1.38 bits per heavy atom. The average molecular weight is 252 g/mol. The van der Waals surface area contributed by atoms with Crippen molar-refractivity contribution in [2.45, 2.75) is 0 Å². The van der Waals surface area contributed by atoms with Crippen molar-refractivity contribution >= 4 is 21.6 Å². The molecule has 0 amide bonds. The van der Waals surface area contributed by atoms with Gasteiger partial charge in [-0.05, 0) is 0 Å². The zero-order chi connectivity index (χ0) is 9.84. The van der Waals surface area contributed by atoms with Gasteiger partial charge < -0.3 is 10.1 Å². The van der Waals surface area contributed by atoms with Crippen LogP contribution in [0, 0.1) is 11.6 Å². The van der Waals surface area contributed by atoms with E-state index in [2.05, 4.69) is 26.0 Å². The van der Waals surface area contributed by atoms with Crippen molar-refractivity contribution in [3.05, 3.63) is 23.8 Å². The molecule has 0 aliphatic heterocycles. The van der Waals surface area contributed by atoms with Gasteiger partial charge in [-0.2, -0.15) is 0 Å². The minimum atomic E-state index is -0.590. The van der Waals surface area contributed by atoms with E-state index in [0.717, 1.165) is 12.1 Å². The topological polar surface area (TPSA) is 21.3 Å². The number of ether oxygens (including phenoxy) is 1. The van der Waals surface area contributed by atoms with E-state index in [0.29, 0.717) is 5.45 Å². The Morgan fingerprint density at radius 3 is 2.62 bits per heavy atom. The van der Waals surface area contributed by atoms with Gasteiger partial charge in [0, 0.05) is 12.1 Å². The lowest BCUT2D eigenvalue weighted by Crippen LogP contribution is -1.99. The van der Waals surface area contributed by atoms with Gasteiger partial charge >= 0.3 is 0 Å². The highest BCUT2D eigenvalue weighted by Crippen LogP contribution is 2.24. The van der Waals surface area contributed by atoms with E-state index < -0.39 is 11.6 Å². The summed E-state index contributed by atoms with van der Waals surface area (Å²) in [6.45, 7) is 0. The highest BCUT2D eigenvalue weighted by atomic mass is 79.9. The lowest BCUT2D eigenvalue weighted by atomic mass is 10.3. The number of nitrogens with one attached hydrogen (secondary N) is 1. The molecule has 13 heavy (non-hydrogen) atoms. The van der Waals surface area contributed by atoms with Crippen molar-refractivity contribution in [1.29, 1.82) is 0 Å². The predicted molar refractivity (Wildman–Crippen MR) is 50.3 cm³/mol. The molecule has 0 spiro atoms. The van der Waals surface area contributed by atoms with Gasteiger partial charge in [-0.25, -0.2) is 8.78 Å². The van der Waals surface area contributed by atoms with Crippen molar-refractivity contribution in [3.63, 3.8) is 0 Å². The molecule has 0 saturated carbocycles. The first-order valence-corrected chi connectivity index (χ1v) is 4.64. The predicted octanol–water partition coefficient (Wildman–Crippen LogP) is 2.74. The molecule has 0 fully saturated rings. The molecule has 0 heterocycles. The highest BCUT2D eigenvalue weighted by molar-refractivity contribution is 9.09.